The van der Waals surface area contributed by atoms with Gasteiger partial charge >= 0.3 is 0 Å². The first-order chi connectivity index (χ1) is 10.0. The quantitative estimate of drug-likeness (QED) is 0.645. The van der Waals surface area contributed by atoms with Crippen LogP contribution in [0.1, 0.15) is 44.1 Å². The molecule has 0 aliphatic heterocycles. The highest BCUT2D eigenvalue weighted by Crippen LogP contribution is 2.48. The summed E-state index contributed by atoms with van der Waals surface area (Å²) in [7, 11) is -1.48. The summed E-state index contributed by atoms with van der Waals surface area (Å²) in [5, 5.41) is 0. The number of allylic oxidation sites excluding steroid dienone is 2. The van der Waals surface area contributed by atoms with Crippen LogP contribution in [0.15, 0.2) is 34.3 Å². The maximum absolute atomic E-state index is 6.46. The van der Waals surface area contributed by atoms with Crippen LogP contribution in [0.5, 0.6) is 0 Å². The van der Waals surface area contributed by atoms with Crippen molar-refractivity contribution in [2.24, 2.45) is 11.8 Å². The van der Waals surface area contributed by atoms with E-state index in [9.17, 15) is 0 Å². The number of hydrogen-bond acceptors (Lipinski definition) is 2. The van der Waals surface area contributed by atoms with Crippen LogP contribution in [-0.2, 0) is 10.8 Å². The van der Waals surface area contributed by atoms with Crippen LogP contribution in [0.25, 0.3) is 0 Å². The topological polar surface area (TPSA) is 22.4 Å². The third-order valence-corrected chi connectivity index (χ3v) is 5.39. The molecule has 0 amide bonds. The lowest BCUT2D eigenvalue weighted by Crippen LogP contribution is -2.28. The van der Waals surface area contributed by atoms with Gasteiger partial charge in [-0.3, -0.25) is 0 Å². The predicted octanol–water partition coefficient (Wildman–Crippen LogP) is 5.53. The van der Waals surface area contributed by atoms with E-state index >= 15 is 0 Å². The number of aryl methyl sites for hydroxylation is 1. The molecular formula is C18H28O2Si. The highest BCUT2D eigenvalue weighted by atomic mass is 28.4. The largest absolute Gasteiger partial charge is 0.547 e. The van der Waals surface area contributed by atoms with Crippen LogP contribution in [0, 0.1) is 11.8 Å². The van der Waals surface area contributed by atoms with Gasteiger partial charge in [-0.15, -0.1) is 0 Å². The van der Waals surface area contributed by atoms with E-state index in [1.54, 1.807) is 11.8 Å². The van der Waals surface area contributed by atoms with Crippen LogP contribution in [-0.4, -0.2) is 8.32 Å². The Bertz CT molecular complexity index is 492. The zero-order chi connectivity index (χ0) is 14.9. The molecule has 1 heterocycles. The molecule has 1 aromatic rings. The molecule has 1 atom stereocenters. The van der Waals surface area contributed by atoms with Gasteiger partial charge < -0.3 is 8.84 Å². The Balaban J connectivity index is 1.73. The second-order valence-corrected chi connectivity index (χ2v) is 12.1. The second-order valence-electron chi connectivity index (χ2n) is 7.63. The van der Waals surface area contributed by atoms with E-state index < -0.39 is 8.32 Å². The van der Waals surface area contributed by atoms with E-state index in [-0.39, 0.29) is 0 Å². The summed E-state index contributed by atoms with van der Waals surface area (Å²) in [5.41, 5.74) is 3.04. The van der Waals surface area contributed by atoms with E-state index in [0.29, 0.717) is 0 Å². The molecule has 1 saturated carbocycles. The monoisotopic (exact) mass is 304 g/mol. The molecule has 3 rings (SSSR count). The van der Waals surface area contributed by atoms with Gasteiger partial charge in [0.15, 0.2) is 0 Å². The van der Waals surface area contributed by atoms with E-state index in [1.807, 2.05) is 6.26 Å². The van der Waals surface area contributed by atoms with Crippen LogP contribution in [0.2, 0.25) is 19.6 Å². The summed E-state index contributed by atoms with van der Waals surface area (Å²) in [4.78, 5) is 0. The standard InChI is InChI=1S/C18H28O2Si/c1-21(2,3)20-17-6-4-5-15(18(17)16-9-10-16)8-7-14-11-12-19-13-14/h11-13,15-16H,4-10H2,1-3H3. The van der Waals surface area contributed by atoms with Crippen molar-refractivity contribution in [3.05, 3.63) is 35.5 Å². The Morgan fingerprint density at radius 2 is 2.05 bits per heavy atom. The first-order valence-corrected chi connectivity index (χ1v) is 11.9. The van der Waals surface area contributed by atoms with Gasteiger partial charge in [-0.2, -0.15) is 0 Å². The fraction of sp³-hybridized carbons (Fsp3) is 0.667. The highest BCUT2D eigenvalue weighted by Gasteiger charge is 2.36. The number of hydrogen-bond donors (Lipinski definition) is 0. The number of furan rings is 1. The summed E-state index contributed by atoms with van der Waals surface area (Å²) >= 11 is 0. The summed E-state index contributed by atoms with van der Waals surface area (Å²) in [6, 6.07) is 2.10. The number of rotatable bonds is 6. The zero-order valence-electron chi connectivity index (χ0n) is 13.7. The van der Waals surface area contributed by atoms with Crippen molar-refractivity contribution in [1.29, 1.82) is 0 Å². The first-order valence-electron chi connectivity index (χ1n) is 8.46. The predicted molar refractivity (Wildman–Crippen MR) is 88.6 cm³/mol. The highest BCUT2D eigenvalue weighted by molar-refractivity contribution is 6.70. The zero-order valence-corrected chi connectivity index (χ0v) is 14.7. The van der Waals surface area contributed by atoms with Gasteiger partial charge in [-0.05, 0) is 87.2 Å². The molecule has 0 bridgehead atoms. The third kappa shape index (κ3) is 4.03. The molecule has 1 fully saturated rings. The van der Waals surface area contributed by atoms with E-state index in [2.05, 4.69) is 25.7 Å². The van der Waals surface area contributed by atoms with Crippen LogP contribution in [0.3, 0.4) is 0 Å². The maximum atomic E-state index is 6.46. The second kappa shape index (κ2) is 6.03. The minimum absolute atomic E-state index is 0.743. The van der Waals surface area contributed by atoms with E-state index in [4.69, 9.17) is 8.84 Å². The molecule has 2 aliphatic rings. The lowest BCUT2D eigenvalue weighted by Gasteiger charge is -2.32. The van der Waals surface area contributed by atoms with Crippen LogP contribution < -0.4 is 0 Å². The fourth-order valence-electron chi connectivity index (χ4n) is 3.55. The van der Waals surface area contributed by atoms with Gasteiger partial charge in [0.2, 0.25) is 8.32 Å². The van der Waals surface area contributed by atoms with Gasteiger partial charge in [0, 0.05) is 6.42 Å². The van der Waals surface area contributed by atoms with Crippen LogP contribution >= 0.6 is 0 Å². The Morgan fingerprint density at radius 1 is 1.24 bits per heavy atom. The van der Waals surface area contributed by atoms with E-state index in [1.165, 1.54) is 49.8 Å². The SMILES string of the molecule is C[Si](C)(C)OC1=C(C2CC2)C(CCc2ccoc2)CCC1. The molecule has 2 nitrogen and oxygen atoms in total. The normalized spacial score (nSPS) is 23.5. The Morgan fingerprint density at radius 3 is 2.67 bits per heavy atom. The lowest BCUT2D eigenvalue weighted by molar-refractivity contribution is 0.327. The Kier molecular flexibility index (Phi) is 4.30. The molecular weight excluding hydrogens is 276 g/mol. The molecule has 0 spiro atoms. The van der Waals surface area contributed by atoms with Crippen LogP contribution in [0.4, 0.5) is 0 Å². The minimum Gasteiger partial charge on any atom is -0.547 e. The molecule has 0 saturated heterocycles. The van der Waals surface area contributed by atoms with Crippen molar-refractivity contribution < 1.29 is 8.84 Å². The summed E-state index contributed by atoms with van der Waals surface area (Å²) in [5.74, 6) is 2.97. The summed E-state index contributed by atoms with van der Waals surface area (Å²) in [6.07, 6.45) is 12.7. The van der Waals surface area contributed by atoms with Crippen molar-refractivity contribution in [2.75, 3.05) is 0 Å². The molecule has 116 valence electrons. The summed E-state index contributed by atoms with van der Waals surface area (Å²) < 4.78 is 11.7. The Hall–Kier alpha value is -0.963. The van der Waals surface area contributed by atoms with Gasteiger partial charge in [0.1, 0.15) is 0 Å². The van der Waals surface area contributed by atoms with Gasteiger partial charge in [-0.1, -0.05) is 0 Å². The van der Waals surface area contributed by atoms with Gasteiger partial charge in [-0.25, -0.2) is 0 Å². The molecule has 21 heavy (non-hydrogen) atoms. The van der Waals surface area contributed by atoms with Gasteiger partial charge in [0.05, 0.1) is 18.3 Å². The Labute approximate surface area is 129 Å². The van der Waals surface area contributed by atoms with Crippen molar-refractivity contribution in [3.8, 4) is 0 Å². The average molecular weight is 305 g/mol. The van der Waals surface area contributed by atoms with Crippen molar-refractivity contribution in [3.63, 3.8) is 0 Å². The average Bonchev–Trinajstić information content (AvgIpc) is 3.10. The van der Waals surface area contributed by atoms with E-state index in [0.717, 1.165) is 18.3 Å². The molecule has 0 radical (unpaired) electrons. The first kappa shape index (κ1) is 15.0. The third-order valence-electron chi connectivity index (χ3n) is 4.53. The molecule has 0 aromatic carbocycles. The fourth-order valence-corrected chi connectivity index (χ4v) is 4.51. The molecule has 2 aliphatic carbocycles. The van der Waals surface area contributed by atoms with Crippen molar-refractivity contribution in [1.82, 2.24) is 0 Å². The van der Waals surface area contributed by atoms with Crippen molar-refractivity contribution >= 4 is 8.32 Å². The summed E-state index contributed by atoms with van der Waals surface area (Å²) in [6.45, 7) is 6.92. The lowest BCUT2D eigenvalue weighted by atomic mass is 9.80. The molecule has 1 aromatic heterocycles. The van der Waals surface area contributed by atoms with Gasteiger partial charge in [0.25, 0.3) is 0 Å². The smallest absolute Gasteiger partial charge is 0.241 e. The maximum Gasteiger partial charge on any atom is 0.241 e. The molecule has 1 unspecified atom stereocenters. The molecule has 0 N–H and O–H groups in total. The van der Waals surface area contributed by atoms with Crippen molar-refractivity contribution in [2.45, 2.75) is 64.6 Å². The minimum atomic E-state index is -1.48. The molecule has 3 heteroatoms.